The van der Waals surface area contributed by atoms with Crippen LogP contribution in [-0.4, -0.2) is 45.4 Å². The summed E-state index contributed by atoms with van der Waals surface area (Å²) in [5.74, 6) is -1.89. The predicted molar refractivity (Wildman–Crippen MR) is 93.3 cm³/mol. The van der Waals surface area contributed by atoms with Crippen LogP contribution in [0.5, 0.6) is 0 Å². The molecule has 2 atom stereocenters. The van der Waals surface area contributed by atoms with Gasteiger partial charge in [0.1, 0.15) is 11.8 Å². The molecule has 0 aromatic heterocycles. The number of nitrogens with one attached hydrogen (secondary N) is 2. The molecule has 0 bridgehead atoms. The maximum atomic E-state index is 13.1. The molecule has 8 heteroatoms. The van der Waals surface area contributed by atoms with E-state index in [1.807, 2.05) is 0 Å². The molecule has 4 amide bonds. The van der Waals surface area contributed by atoms with Gasteiger partial charge in [-0.05, 0) is 43.7 Å². The van der Waals surface area contributed by atoms with Crippen LogP contribution in [0.3, 0.4) is 0 Å². The van der Waals surface area contributed by atoms with Gasteiger partial charge >= 0.3 is 0 Å². The molecule has 4 rings (SSSR count). The summed E-state index contributed by atoms with van der Waals surface area (Å²) < 4.78 is 0. The minimum atomic E-state index is -1.40. The first-order valence-electron chi connectivity index (χ1n) is 9.09. The fraction of sp³-hybridized carbons (Fsp3) is 0.474. The molecule has 2 aliphatic heterocycles. The Morgan fingerprint density at radius 2 is 2.00 bits per heavy atom. The lowest BCUT2D eigenvalue weighted by Gasteiger charge is -2.38. The number of fused-ring (bicyclic) bond motifs is 1. The Morgan fingerprint density at radius 1 is 1.26 bits per heavy atom. The van der Waals surface area contributed by atoms with Crippen molar-refractivity contribution in [2.45, 2.75) is 50.9 Å². The van der Waals surface area contributed by atoms with Gasteiger partial charge in [-0.1, -0.05) is 12.1 Å². The maximum absolute atomic E-state index is 13.1. The number of imide groups is 2. The fourth-order valence-corrected chi connectivity index (χ4v) is 3.75. The molecular weight excluding hydrogens is 350 g/mol. The summed E-state index contributed by atoms with van der Waals surface area (Å²) in [7, 11) is 0. The summed E-state index contributed by atoms with van der Waals surface area (Å²) in [6.07, 6.45) is 1.46. The lowest BCUT2D eigenvalue weighted by molar-refractivity contribution is -0.140. The highest BCUT2D eigenvalue weighted by Crippen LogP contribution is 2.36. The SMILES string of the molecule is CC1(N2C(=O)c3cccc(CNC(O)C4CC4)c3C2=O)CCC(=O)NC1=O. The predicted octanol–water partition coefficient (Wildman–Crippen LogP) is 0.296. The van der Waals surface area contributed by atoms with E-state index in [1.54, 1.807) is 18.2 Å². The number of carbonyl (C=O) groups is 4. The first kappa shape index (κ1) is 17.8. The van der Waals surface area contributed by atoms with Crippen molar-refractivity contribution in [1.82, 2.24) is 15.5 Å². The highest BCUT2D eigenvalue weighted by atomic mass is 16.3. The van der Waals surface area contributed by atoms with Gasteiger partial charge in [0.15, 0.2) is 0 Å². The summed E-state index contributed by atoms with van der Waals surface area (Å²) in [5, 5.41) is 15.2. The standard InChI is InChI=1S/C19H21N3O5/c1-19(8-7-13(23)21-18(19)27)22-16(25)12-4-2-3-11(14(12)17(22)26)9-20-15(24)10-5-6-10/h2-4,10,15,20,24H,5-9H2,1H3,(H,21,23,27). The monoisotopic (exact) mass is 371 g/mol. The minimum Gasteiger partial charge on any atom is -0.378 e. The van der Waals surface area contributed by atoms with E-state index >= 15 is 0 Å². The van der Waals surface area contributed by atoms with E-state index in [9.17, 15) is 24.3 Å². The Balaban J connectivity index is 1.63. The molecule has 8 nitrogen and oxygen atoms in total. The number of rotatable bonds is 5. The second-order valence-electron chi connectivity index (χ2n) is 7.60. The highest BCUT2D eigenvalue weighted by molar-refractivity contribution is 6.24. The van der Waals surface area contributed by atoms with Crippen LogP contribution >= 0.6 is 0 Å². The molecule has 1 saturated carbocycles. The molecule has 1 aromatic rings. The second-order valence-corrected chi connectivity index (χ2v) is 7.60. The average molecular weight is 371 g/mol. The van der Waals surface area contributed by atoms with Crippen molar-refractivity contribution >= 4 is 23.6 Å². The summed E-state index contributed by atoms with van der Waals surface area (Å²) in [6.45, 7) is 1.75. The smallest absolute Gasteiger partial charge is 0.262 e. The molecule has 0 spiro atoms. The number of hydrogen-bond acceptors (Lipinski definition) is 6. The first-order valence-corrected chi connectivity index (χ1v) is 9.09. The number of hydrogen-bond donors (Lipinski definition) is 3. The maximum Gasteiger partial charge on any atom is 0.262 e. The Morgan fingerprint density at radius 3 is 2.67 bits per heavy atom. The van der Waals surface area contributed by atoms with Gasteiger partial charge in [0.25, 0.3) is 17.7 Å². The average Bonchev–Trinajstić information content (AvgIpc) is 3.44. The lowest BCUT2D eigenvalue weighted by atomic mass is 9.89. The van der Waals surface area contributed by atoms with Crippen molar-refractivity contribution in [2.75, 3.05) is 0 Å². The van der Waals surface area contributed by atoms with E-state index in [4.69, 9.17) is 0 Å². The Labute approximate surface area is 155 Å². The zero-order valence-corrected chi connectivity index (χ0v) is 14.9. The molecule has 2 heterocycles. The molecule has 0 radical (unpaired) electrons. The van der Waals surface area contributed by atoms with Crippen molar-refractivity contribution in [3.05, 3.63) is 34.9 Å². The van der Waals surface area contributed by atoms with E-state index in [2.05, 4.69) is 10.6 Å². The van der Waals surface area contributed by atoms with Crippen molar-refractivity contribution in [1.29, 1.82) is 0 Å². The van der Waals surface area contributed by atoms with Gasteiger partial charge in [0.2, 0.25) is 5.91 Å². The van der Waals surface area contributed by atoms with Crippen LogP contribution in [0.1, 0.15) is 58.9 Å². The molecule has 3 N–H and O–H groups in total. The Bertz CT molecular complexity index is 863. The number of aliphatic hydroxyl groups is 1. The third kappa shape index (κ3) is 2.85. The third-order valence-electron chi connectivity index (χ3n) is 5.65. The quantitative estimate of drug-likeness (QED) is 0.506. The van der Waals surface area contributed by atoms with E-state index in [0.29, 0.717) is 5.56 Å². The number of nitrogens with zero attached hydrogens (tertiary/aromatic N) is 1. The van der Waals surface area contributed by atoms with E-state index < -0.39 is 35.4 Å². The molecule has 1 aliphatic carbocycles. The van der Waals surface area contributed by atoms with Crippen LogP contribution in [0.25, 0.3) is 0 Å². The zero-order valence-electron chi connectivity index (χ0n) is 14.9. The molecule has 3 aliphatic rings. The van der Waals surface area contributed by atoms with Gasteiger partial charge in [0, 0.05) is 13.0 Å². The highest BCUT2D eigenvalue weighted by Gasteiger charge is 2.53. The molecule has 2 fully saturated rings. The zero-order chi connectivity index (χ0) is 19.3. The topological polar surface area (TPSA) is 116 Å². The normalized spacial score (nSPS) is 26.2. The van der Waals surface area contributed by atoms with Crippen LogP contribution in [0.15, 0.2) is 18.2 Å². The van der Waals surface area contributed by atoms with Crippen LogP contribution in [0.2, 0.25) is 0 Å². The minimum absolute atomic E-state index is 0.0671. The molecule has 142 valence electrons. The van der Waals surface area contributed by atoms with Crippen molar-refractivity contribution in [3.8, 4) is 0 Å². The number of aliphatic hydroxyl groups excluding tert-OH is 1. The van der Waals surface area contributed by atoms with Gasteiger partial charge in [-0.3, -0.25) is 34.7 Å². The van der Waals surface area contributed by atoms with Gasteiger partial charge < -0.3 is 5.11 Å². The number of benzene rings is 1. The Hall–Kier alpha value is -2.58. The van der Waals surface area contributed by atoms with E-state index in [0.717, 1.165) is 17.7 Å². The van der Waals surface area contributed by atoms with E-state index in [-0.39, 0.29) is 36.4 Å². The molecule has 1 saturated heterocycles. The molecule has 2 unspecified atom stereocenters. The largest absolute Gasteiger partial charge is 0.378 e. The van der Waals surface area contributed by atoms with Crippen molar-refractivity contribution < 1.29 is 24.3 Å². The molecule has 27 heavy (non-hydrogen) atoms. The van der Waals surface area contributed by atoms with Crippen LogP contribution < -0.4 is 10.6 Å². The van der Waals surface area contributed by atoms with Crippen molar-refractivity contribution in [3.63, 3.8) is 0 Å². The first-order chi connectivity index (χ1) is 12.8. The molecular formula is C19H21N3O5. The summed E-state index contributed by atoms with van der Waals surface area (Å²) >= 11 is 0. The summed E-state index contributed by atoms with van der Waals surface area (Å²) in [6, 6.07) is 4.97. The second kappa shape index (κ2) is 6.24. The fourth-order valence-electron chi connectivity index (χ4n) is 3.75. The van der Waals surface area contributed by atoms with Crippen molar-refractivity contribution in [2.24, 2.45) is 5.92 Å². The number of carbonyl (C=O) groups excluding carboxylic acids is 4. The van der Waals surface area contributed by atoms with Crippen LogP contribution in [0.4, 0.5) is 0 Å². The van der Waals surface area contributed by atoms with Gasteiger partial charge in [-0.25, -0.2) is 0 Å². The van der Waals surface area contributed by atoms with Gasteiger partial charge in [-0.2, -0.15) is 0 Å². The lowest BCUT2D eigenvalue weighted by Crippen LogP contribution is -2.62. The number of piperidine rings is 1. The van der Waals surface area contributed by atoms with Crippen LogP contribution in [-0.2, 0) is 16.1 Å². The summed E-state index contributed by atoms with van der Waals surface area (Å²) in [5.41, 5.74) is -0.307. The third-order valence-corrected chi connectivity index (χ3v) is 5.65. The summed E-state index contributed by atoms with van der Waals surface area (Å²) in [4.78, 5) is 50.9. The van der Waals surface area contributed by atoms with Gasteiger partial charge in [-0.15, -0.1) is 0 Å². The van der Waals surface area contributed by atoms with Gasteiger partial charge in [0.05, 0.1) is 11.1 Å². The van der Waals surface area contributed by atoms with E-state index in [1.165, 1.54) is 6.92 Å². The van der Waals surface area contributed by atoms with Crippen LogP contribution in [0, 0.1) is 5.92 Å². The molecule has 1 aromatic carbocycles. The Kier molecular flexibility index (Phi) is 4.12. The number of amides is 4.